The summed E-state index contributed by atoms with van der Waals surface area (Å²) < 4.78 is 10.4. The van der Waals surface area contributed by atoms with Crippen molar-refractivity contribution in [1.82, 2.24) is 0 Å². The van der Waals surface area contributed by atoms with Gasteiger partial charge in [0.2, 0.25) is 0 Å². The van der Waals surface area contributed by atoms with Gasteiger partial charge in [-0.05, 0) is 25.5 Å². The van der Waals surface area contributed by atoms with E-state index in [1.807, 2.05) is 19.1 Å². The summed E-state index contributed by atoms with van der Waals surface area (Å²) in [4.78, 5) is 0. The number of hydrogen-bond acceptors (Lipinski definition) is 3. The summed E-state index contributed by atoms with van der Waals surface area (Å²) in [6.07, 6.45) is 3.48. The highest BCUT2D eigenvalue weighted by atomic mass is 16.5. The van der Waals surface area contributed by atoms with Gasteiger partial charge in [-0.2, -0.15) is 0 Å². The van der Waals surface area contributed by atoms with Crippen LogP contribution in [0.3, 0.4) is 0 Å². The van der Waals surface area contributed by atoms with Crippen LogP contribution in [0.25, 0.3) is 0 Å². The smallest absolute Gasteiger partial charge is 0.103 e. The van der Waals surface area contributed by atoms with Crippen LogP contribution in [0.15, 0.2) is 22.8 Å². The normalized spacial score (nSPS) is 13.1. The highest BCUT2D eigenvalue weighted by molar-refractivity contribution is 4.98. The molecule has 0 aliphatic heterocycles. The highest BCUT2D eigenvalue weighted by Gasteiger charge is 2.03. The standard InChI is InChI=1S/C10H17NO2/c1-2-12-8-9(11)5-6-10-4-3-7-13-10/h3-4,7,9H,2,5-6,8,11H2,1H3. The van der Waals surface area contributed by atoms with Crippen molar-refractivity contribution in [3.8, 4) is 0 Å². The van der Waals surface area contributed by atoms with Crippen LogP contribution in [-0.2, 0) is 11.2 Å². The maximum Gasteiger partial charge on any atom is 0.103 e. The lowest BCUT2D eigenvalue weighted by atomic mass is 10.1. The molecule has 0 spiro atoms. The quantitative estimate of drug-likeness (QED) is 0.728. The molecule has 0 saturated heterocycles. The molecule has 13 heavy (non-hydrogen) atoms. The topological polar surface area (TPSA) is 48.4 Å². The van der Waals surface area contributed by atoms with E-state index in [1.165, 1.54) is 0 Å². The summed E-state index contributed by atoms with van der Waals surface area (Å²) in [5.74, 6) is 0.993. The third-order valence-corrected chi connectivity index (χ3v) is 1.88. The van der Waals surface area contributed by atoms with Crippen LogP contribution in [0.4, 0.5) is 0 Å². The summed E-state index contributed by atoms with van der Waals surface area (Å²) >= 11 is 0. The minimum Gasteiger partial charge on any atom is -0.469 e. The van der Waals surface area contributed by atoms with Crippen LogP contribution >= 0.6 is 0 Å². The molecule has 0 amide bonds. The molecule has 0 saturated carbocycles. The summed E-state index contributed by atoms with van der Waals surface area (Å²) in [6.45, 7) is 3.34. The van der Waals surface area contributed by atoms with E-state index < -0.39 is 0 Å². The lowest BCUT2D eigenvalue weighted by molar-refractivity contribution is 0.130. The summed E-state index contributed by atoms with van der Waals surface area (Å²) in [7, 11) is 0. The molecule has 0 bridgehead atoms. The van der Waals surface area contributed by atoms with Gasteiger partial charge in [0.25, 0.3) is 0 Å². The van der Waals surface area contributed by atoms with E-state index in [0.29, 0.717) is 6.61 Å². The zero-order valence-electron chi connectivity index (χ0n) is 8.03. The Hall–Kier alpha value is -0.800. The fourth-order valence-electron chi connectivity index (χ4n) is 1.14. The Labute approximate surface area is 78.9 Å². The van der Waals surface area contributed by atoms with E-state index in [2.05, 4.69) is 0 Å². The van der Waals surface area contributed by atoms with Crippen molar-refractivity contribution in [3.05, 3.63) is 24.2 Å². The van der Waals surface area contributed by atoms with Crippen molar-refractivity contribution in [2.75, 3.05) is 13.2 Å². The van der Waals surface area contributed by atoms with Gasteiger partial charge in [-0.3, -0.25) is 0 Å². The first-order valence-corrected chi connectivity index (χ1v) is 4.68. The number of hydrogen-bond donors (Lipinski definition) is 1. The molecule has 1 unspecified atom stereocenters. The predicted molar refractivity (Wildman–Crippen MR) is 51.5 cm³/mol. The Balaban J connectivity index is 2.11. The molecule has 0 aromatic carbocycles. The van der Waals surface area contributed by atoms with Crippen molar-refractivity contribution in [1.29, 1.82) is 0 Å². The molecule has 74 valence electrons. The minimum atomic E-state index is 0.116. The first-order chi connectivity index (χ1) is 6.33. The van der Waals surface area contributed by atoms with Crippen LogP contribution < -0.4 is 5.73 Å². The Morgan fingerprint density at radius 3 is 3.08 bits per heavy atom. The third kappa shape index (κ3) is 4.10. The summed E-state index contributed by atoms with van der Waals surface area (Å²) in [6, 6.07) is 3.97. The molecule has 2 N–H and O–H groups in total. The average Bonchev–Trinajstić information content (AvgIpc) is 2.64. The van der Waals surface area contributed by atoms with E-state index in [0.717, 1.165) is 25.2 Å². The van der Waals surface area contributed by atoms with E-state index >= 15 is 0 Å². The number of nitrogens with two attached hydrogens (primary N) is 1. The van der Waals surface area contributed by atoms with Crippen LogP contribution in [0.5, 0.6) is 0 Å². The molecule has 0 aliphatic rings. The van der Waals surface area contributed by atoms with Gasteiger partial charge in [-0.1, -0.05) is 0 Å². The maximum atomic E-state index is 5.81. The SMILES string of the molecule is CCOCC(N)CCc1ccco1. The molecule has 1 aromatic rings. The van der Waals surface area contributed by atoms with Crippen LogP contribution in [-0.4, -0.2) is 19.3 Å². The van der Waals surface area contributed by atoms with Gasteiger partial charge in [0, 0.05) is 19.1 Å². The van der Waals surface area contributed by atoms with Crippen LogP contribution in [0.2, 0.25) is 0 Å². The molecule has 1 aromatic heterocycles. The van der Waals surface area contributed by atoms with Gasteiger partial charge in [-0.15, -0.1) is 0 Å². The van der Waals surface area contributed by atoms with Gasteiger partial charge >= 0.3 is 0 Å². The van der Waals surface area contributed by atoms with Crippen LogP contribution in [0.1, 0.15) is 19.1 Å². The molecule has 1 rings (SSSR count). The molecule has 3 heteroatoms. The third-order valence-electron chi connectivity index (χ3n) is 1.88. The number of aryl methyl sites for hydroxylation is 1. The first kappa shape index (κ1) is 10.3. The second-order valence-electron chi connectivity index (χ2n) is 3.04. The lowest BCUT2D eigenvalue weighted by Gasteiger charge is -2.09. The molecule has 0 fully saturated rings. The van der Waals surface area contributed by atoms with Crippen molar-refractivity contribution in [2.45, 2.75) is 25.8 Å². The van der Waals surface area contributed by atoms with Gasteiger partial charge in [0.1, 0.15) is 5.76 Å². The van der Waals surface area contributed by atoms with E-state index in [-0.39, 0.29) is 6.04 Å². The van der Waals surface area contributed by atoms with Gasteiger partial charge in [0.05, 0.1) is 12.9 Å². The second-order valence-corrected chi connectivity index (χ2v) is 3.04. The Bertz CT molecular complexity index is 209. The summed E-state index contributed by atoms with van der Waals surface area (Å²) in [5, 5.41) is 0. The minimum absolute atomic E-state index is 0.116. The number of furan rings is 1. The Morgan fingerprint density at radius 1 is 1.62 bits per heavy atom. The average molecular weight is 183 g/mol. The fourth-order valence-corrected chi connectivity index (χ4v) is 1.14. The zero-order valence-corrected chi connectivity index (χ0v) is 8.03. The van der Waals surface area contributed by atoms with Crippen molar-refractivity contribution >= 4 is 0 Å². The molecule has 1 atom stereocenters. The Morgan fingerprint density at radius 2 is 2.46 bits per heavy atom. The van der Waals surface area contributed by atoms with Crippen molar-refractivity contribution in [3.63, 3.8) is 0 Å². The fraction of sp³-hybridized carbons (Fsp3) is 0.600. The van der Waals surface area contributed by atoms with Crippen molar-refractivity contribution in [2.24, 2.45) is 5.73 Å². The lowest BCUT2D eigenvalue weighted by Crippen LogP contribution is -2.26. The largest absolute Gasteiger partial charge is 0.469 e. The number of rotatable bonds is 6. The monoisotopic (exact) mass is 183 g/mol. The van der Waals surface area contributed by atoms with E-state index in [9.17, 15) is 0 Å². The first-order valence-electron chi connectivity index (χ1n) is 4.68. The molecular formula is C10H17NO2. The predicted octanol–water partition coefficient (Wildman–Crippen LogP) is 1.58. The highest BCUT2D eigenvalue weighted by Crippen LogP contribution is 2.04. The van der Waals surface area contributed by atoms with Gasteiger partial charge in [-0.25, -0.2) is 0 Å². The number of ether oxygens (including phenoxy) is 1. The molecule has 0 aliphatic carbocycles. The van der Waals surface area contributed by atoms with Gasteiger partial charge in [0.15, 0.2) is 0 Å². The molecule has 3 nitrogen and oxygen atoms in total. The molecule has 0 radical (unpaired) electrons. The van der Waals surface area contributed by atoms with Crippen molar-refractivity contribution < 1.29 is 9.15 Å². The van der Waals surface area contributed by atoms with E-state index in [1.54, 1.807) is 6.26 Å². The zero-order chi connectivity index (χ0) is 9.52. The van der Waals surface area contributed by atoms with E-state index in [4.69, 9.17) is 14.9 Å². The molecular weight excluding hydrogens is 166 g/mol. The second kappa shape index (κ2) is 5.78. The summed E-state index contributed by atoms with van der Waals surface area (Å²) in [5.41, 5.74) is 5.81. The molecule has 1 heterocycles. The maximum absolute atomic E-state index is 5.81. The van der Waals surface area contributed by atoms with Gasteiger partial charge < -0.3 is 14.9 Å². The van der Waals surface area contributed by atoms with Crippen LogP contribution in [0, 0.1) is 0 Å². The Kier molecular flexibility index (Phi) is 4.57.